The monoisotopic (exact) mass is 541 g/mol. The van der Waals surface area contributed by atoms with E-state index in [9.17, 15) is 0 Å². The van der Waals surface area contributed by atoms with Gasteiger partial charge in [-0.2, -0.15) is 0 Å². The molecule has 0 aromatic rings. The van der Waals surface area contributed by atoms with Gasteiger partial charge >= 0.3 is 0 Å². The van der Waals surface area contributed by atoms with Gasteiger partial charge in [0, 0.05) is 21.1 Å². The average molecular weight is 541 g/mol. The molecule has 0 rings (SSSR count). The third-order valence-corrected chi connectivity index (χ3v) is 0. The number of hydrogen-bond donors (Lipinski definition) is 0. The van der Waals surface area contributed by atoms with Crippen LogP contribution in [0, 0.1) is 44.6 Å². The van der Waals surface area contributed by atoms with Gasteiger partial charge < -0.3 is 44.6 Å². The van der Waals surface area contributed by atoms with Crippen LogP contribution in [-0.2, 0) is 21.1 Å². The molecule has 0 spiro atoms. The van der Waals surface area contributed by atoms with Crippen LogP contribution >= 0.6 is 48.0 Å². The van der Waals surface area contributed by atoms with E-state index >= 15 is 0 Å². The zero-order chi connectivity index (χ0) is 0. The minimum atomic E-state index is 0. The smallest absolute Gasteiger partial charge is 0 e. The molecule has 0 fully saturated rings. The molecule has 0 aliphatic carbocycles. The summed E-state index contributed by atoms with van der Waals surface area (Å²) in [5, 5.41) is 0. The Hall–Kier alpha value is 2.15. The number of halogens is 2. The maximum Gasteiger partial charge on any atom is 0 e. The molecule has 0 N–H and O–H groups in total. The Morgan fingerprint density at radius 1 is 0.333 bits per heavy atom. The molecular weight excluding hydrogens is 521 g/mol. The first-order valence-corrected chi connectivity index (χ1v) is 0. The Morgan fingerprint density at radius 2 is 0.333 bits per heavy atom. The van der Waals surface area contributed by atoms with E-state index in [2.05, 4.69) is 0 Å². The number of rotatable bonds is 0. The van der Waals surface area contributed by atoms with Crippen molar-refractivity contribution in [2.24, 2.45) is 0 Å². The van der Waals surface area contributed by atoms with Crippen LogP contribution in [0.1, 0.15) is 0 Å². The molecule has 0 saturated carbocycles. The minimum absolute atomic E-state index is 0. The summed E-state index contributed by atoms with van der Waals surface area (Å²) in [5.41, 5.74) is 0. The summed E-state index contributed by atoms with van der Waals surface area (Å²) < 4.78 is 0. The molecule has 9 heavy (non-hydrogen) atoms. The fraction of sp³-hybridized carbons (Fsp3) is 0. The van der Waals surface area contributed by atoms with E-state index in [0.717, 1.165) is 0 Å². The molecule has 0 amide bonds. The summed E-state index contributed by atoms with van der Waals surface area (Å²) in [4.78, 5) is 0. The van der Waals surface area contributed by atoms with Gasteiger partial charge in [0.25, 0.3) is 0 Å². The van der Waals surface area contributed by atoms with Crippen molar-refractivity contribution >= 4 is 48.0 Å². The normalized spacial score (nSPS) is 0. The van der Waals surface area contributed by atoms with Crippen molar-refractivity contribution in [1.82, 2.24) is 0 Å². The quantitative estimate of drug-likeness (QED) is 0.323. The fourth-order valence-corrected chi connectivity index (χ4v) is 0. The van der Waals surface area contributed by atoms with E-state index in [1.165, 1.54) is 0 Å². The van der Waals surface area contributed by atoms with Crippen molar-refractivity contribution in [3.05, 3.63) is 44.6 Å². The summed E-state index contributed by atoms with van der Waals surface area (Å²) in [7, 11) is 0. The van der Waals surface area contributed by atoms with Crippen molar-refractivity contribution in [3.8, 4) is 0 Å². The molecule has 3 heteroatoms. The van der Waals surface area contributed by atoms with E-state index < -0.39 is 0 Å². The zero-order valence-electron chi connectivity index (χ0n) is 7.13. The predicted octanol–water partition coefficient (Wildman–Crippen LogP) is 3.94. The van der Waals surface area contributed by atoms with Gasteiger partial charge in [-0.25, -0.2) is 0 Å². The van der Waals surface area contributed by atoms with Crippen LogP contribution < -0.4 is 0 Å². The molecule has 0 aliphatic rings. The molecular formula is C6H20I2Pt-6. The van der Waals surface area contributed by atoms with E-state index in [4.69, 9.17) is 0 Å². The summed E-state index contributed by atoms with van der Waals surface area (Å²) >= 11 is 0. The molecule has 0 nitrogen and oxygen atoms in total. The molecule has 0 aromatic heterocycles. The van der Waals surface area contributed by atoms with E-state index in [1.807, 2.05) is 0 Å². The van der Waals surface area contributed by atoms with Crippen LogP contribution in [0.5, 0.6) is 0 Å². The Kier molecular flexibility index (Phi) is 5090. The summed E-state index contributed by atoms with van der Waals surface area (Å²) in [6, 6.07) is 0. The van der Waals surface area contributed by atoms with Gasteiger partial charge in [0.05, 0.1) is 0 Å². The Labute approximate surface area is 112 Å². The summed E-state index contributed by atoms with van der Waals surface area (Å²) in [6.07, 6.45) is 0. The molecule has 0 aromatic carbocycles. The van der Waals surface area contributed by atoms with Gasteiger partial charge in [0.1, 0.15) is 0 Å². The van der Waals surface area contributed by atoms with Gasteiger partial charge in [-0.15, -0.1) is 48.0 Å². The molecule has 0 radical (unpaired) electrons. The van der Waals surface area contributed by atoms with E-state index in [0.29, 0.717) is 0 Å². The topological polar surface area (TPSA) is 0 Å². The van der Waals surface area contributed by atoms with Crippen LogP contribution in [0.2, 0.25) is 0 Å². The molecule has 74 valence electrons. The van der Waals surface area contributed by atoms with Crippen molar-refractivity contribution < 1.29 is 21.1 Å². The average Bonchev–Trinajstić information content (AvgIpc) is 0. The van der Waals surface area contributed by atoms with Crippen molar-refractivity contribution in [1.29, 1.82) is 0 Å². The van der Waals surface area contributed by atoms with Crippen LogP contribution in [0.3, 0.4) is 0 Å². The van der Waals surface area contributed by atoms with E-state index in [1.54, 1.807) is 0 Å². The molecule has 0 heterocycles. The first kappa shape index (κ1) is 249. The second-order valence-corrected chi connectivity index (χ2v) is 0. The van der Waals surface area contributed by atoms with Crippen molar-refractivity contribution in [3.63, 3.8) is 0 Å². The Morgan fingerprint density at radius 3 is 0.333 bits per heavy atom. The standard InChI is InChI=1S/6CH3.2HI.Pt/h6*1H3;2*1H;/q6*-1;;;. The Bertz CT molecular complexity index is 11.0. The van der Waals surface area contributed by atoms with E-state index in [-0.39, 0.29) is 114 Å². The third-order valence-electron chi connectivity index (χ3n) is 0. The van der Waals surface area contributed by atoms with Crippen LogP contribution in [-0.4, -0.2) is 0 Å². The van der Waals surface area contributed by atoms with Crippen molar-refractivity contribution in [2.75, 3.05) is 0 Å². The minimum Gasteiger partial charge on any atom is -0.358 e. The second kappa shape index (κ2) is 184. The SMILES string of the molecule is I.I.[CH3-].[CH3-].[CH3-].[CH3-].[CH3-].[CH3-].[Pt]. The molecule has 0 bridgehead atoms. The summed E-state index contributed by atoms with van der Waals surface area (Å²) in [5.74, 6) is 0. The fourth-order valence-electron chi connectivity index (χ4n) is 0. The molecule has 0 atom stereocenters. The third kappa shape index (κ3) is 146. The molecule has 0 saturated heterocycles. The zero-order valence-corrected chi connectivity index (χ0v) is 14.1. The summed E-state index contributed by atoms with van der Waals surface area (Å²) in [6.45, 7) is 0. The second-order valence-electron chi connectivity index (χ2n) is 0. The van der Waals surface area contributed by atoms with Gasteiger partial charge in [-0.3, -0.25) is 0 Å². The molecule has 0 unspecified atom stereocenters. The van der Waals surface area contributed by atoms with Gasteiger partial charge in [-0.05, 0) is 0 Å². The predicted molar refractivity (Wildman–Crippen MR) is 69.3 cm³/mol. The van der Waals surface area contributed by atoms with Crippen LogP contribution in [0.25, 0.3) is 0 Å². The van der Waals surface area contributed by atoms with Crippen molar-refractivity contribution in [2.45, 2.75) is 0 Å². The first-order valence-electron chi connectivity index (χ1n) is 0. The van der Waals surface area contributed by atoms with Crippen LogP contribution in [0.4, 0.5) is 0 Å². The van der Waals surface area contributed by atoms with Gasteiger partial charge in [-0.1, -0.05) is 0 Å². The maximum absolute atomic E-state index is 0. The first-order chi connectivity index (χ1) is 0. The van der Waals surface area contributed by atoms with Gasteiger partial charge in [0.15, 0.2) is 0 Å². The molecule has 0 aliphatic heterocycles. The van der Waals surface area contributed by atoms with Crippen LogP contribution in [0.15, 0.2) is 0 Å². The maximum atomic E-state index is 0. The van der Waals surface area contributed by atoms with Gasteiger partial charge in [0.2, 0.25) is 0 Å². The number of hydrogen-bond acceptors (Lipinski definition) is 0. The Balaban J connectivity index is 0. The largest absolute Gasteiger partial charge is 0.358 e.